The van der Waals surface area contributed by atoms with E-state index in [1.54, 1.807) is 0 Å². The molecule has 10 nitrogen and oxygen atoms in total. The maximum absolute atomic E-state index is 11.8. The summed E-state index contributed by atoms with van der Waals surface area (Å²) in [6.45, 7) is 9.48. The van der Waals surface area contributed by atoms with E-state index in [9.17, 15) is 18.0 Å². The van der Waals surface area contributed by atoms with Gasteiger partial charge in [0.25, 0.3) is 0 Å². The highest BCUT2D eigenvalue weighted by atomic mass is 19.4. The molecular formula is C22H30F3N5O5. The van der Waals surface area contributed by atoms with Crippen molar-refractivity contribution in [1.82, 2.24) is 15.1 Å². The van der Waals surface area contributed by atoms with Crippen molar-refractivity contribution >= 4 is 23.6 Å². The number of carboxylic acid groups (broad SMARTS) is 1. The molecule has 3 N–H and O–H groups in total. The van der Waals surface area contributed by atoms with Crippen LogP contribution in [0.4, 0.5) is 24.9 Å². The molecule has 0 atom stereocenters. The number of rotatable bonds is 9. The molecule has 0 radical (unpaired) electrons. The quantitative estimate of drug-likeness (QED) is 0.442. The summed E-state index contributed by atoms with van der Waals surface area (Å²) >= 11 is 0. The Bertz CT molecular complexity index is 928. The van der Waals surface area contributed by atoms with Crippen LogP contribution in [0.1, 0.15) is 26.7 Å². The summed E-state index contributed by atoms with van der Waals surface area (Å²) < 4.78 is 42.8. The Morgan fingerprint density at radius 2 is 1.77 bits per heavy atom. The Morgan fingerprint density at radius 3 is 2.34 bits per heavy atom. The average Bonchev–Trinajstić information content (AvgIpc) is 3.26. The van der Waals surface area contributed by atoms with E-state index in [0.29, 0.717) is 24.2 Å². The number of morpholine rings is 1. The summed E-state index contributed by atoms with van der Waals surface area (Å²) in [7, 11) is 0. The van der Waals surface area contributed by atoms with Crippen LogP contribution >= 0.6 is 0 Å². The largest absolute Gasteiger partial charge is 0.490 e. The van der Waals surface area contributed by atoms with Gasteiger partial charge in [-0.3, -0.25) is 9.69 Å². The smallest absolute Gasteiger partial charge is 0.475 e. The molecule has 194 valence electrons. The predicted octanol–water partition coefficient (Wildman–Crippen LogP) is 3.49. The zero-order valence-electron chi connectivity index (χ0n) is 19.6. The van der Waals surface area contributed by atoms with E-state index in [1.807, 2.05) is 38.1 Å². The molecule has 35 heavy (non-hydrogen) atoms. The number of ether oxygens (including phenoxy) is 1. The highest BCUT2D eigenvalue weighted by Crippen LogP contribution is 2.22. The molecule has 2 aromatic rings. The average molecular weight is 502 g/mol. The predicted molar refractivity (Wildman–Crippen MR) is 122 cm³/mol. The van der Waals surface area contributed by atoms with Crippen molar-refractivity contribution in [2.75, 3.05) is 50.0 Å². The van der Waals surface area contributed by atoms with Crippen molar-refractivity contribution in [3.05, 3.63) is 24.3 Å². The number of hydrogen-bond acceptors (Lipinski definition) is 8. The second-order valence-electron chi connectivity index (χ2n) is 8.17. The number of aromatic nitrogens is 2. The Balaban J connectivity index is 0.000000540. The molecule has 0 bridgehead atoms. The highest BCUT2D eigenvalue weighted by molar-refractivity contribution is 5.91. The third kappa shape index (κ3) is 10.7. The minimum absolute atomic E-state index is 0.0177. The number of benzene rings is 1. The Morgan fingerprint density at radius 1 is 1.14 bits per heavy atom. The topological polar surface area (TPSA) is 130 Å². The lowest BCUT2D eigenvalue weighted by Crippen LogP contribution is -2.37. The van der Waals surface area contributed by atoms with Gasteiger partial charge >= 0.3 is 18.2 Å². The van der Waals surface area contributed by atoms with Gasteiger partial charge < -0.3 is 24.9 Å². The molecule has 0 aliphatic carbocycles. The molecule has 2 heterocycles. The van der Waals surface area contributed by atoms with Gasteiger partial charge in [0.15, 0.2) is 0 Å². The number of alkyl halides is 3. The maximum atomic E-state index is 11.8. The van der Waals surface area contributed by atoms with Gasteiger partial charge in [-0.25, -0.2) is 4.79 Å². The van der Waals surface area contributed by atoms with Crippen molar-refractivity contribution in [1.29, 1.82) is 0 Å². The van der Waals surface area contributed by atoms with Crippen molar-refractivity contribution in [3.63, 3.8) is 0 Å². The van der Waals surface area contributed by atoms with Crippen LogP contribution < -0.4 is 10.6 Å². The summed E-state index contributed by atoms with van der Waals surface area (Å²) in [6.07, 6.45) is -3.57. The van der Waals surface area contributed by atoms with Gasteiger partial charge in [-0.2, -0.15) is 13.2 Å². The first-order valence-electron chi connectivity index (χ1n) is 11.1. The molecular weight excluding hydrogens is 471 g/mol. The van der Waals surface area contributed by atoms with Crippen LogP contribution in [0.25, 0.3) is 11.5 Å². The number of anilines is 2. The molecule has 13 heteroatoms. The maximum Gasteiger partial charge on any atom is 0.490 e. The number of carbonyl (C=O) groups excluding carboxylic acids is 1. The number of halogens is 3. The molecule has 0 unspecified atom stereocenters. The number of carbonyl (C=O) groups is 2. The van der Waals surface area contributed by atoms with Crippen molar-refractivity contribution < 1.29 is 37.0 Å². The second-order valence-corrected chi connectivity index (χ2v) is 8.17. The van der Waals surface area contributed by atoms with E-state index in [4.69, 9.17) is 19.1 Å². The van der Waals surface area contributed by atoms with Crippen molar-refractivity contribution in [2.45, 2.75) is 32.9 Å². The normalized spacial score (nSPS) is 14.2. The van der Waals surface area contributed by atoms with Gasteiger partial charge in [-0.1, -0.05) is 18.9 Å². The first kappa shape index (κ1) is 28.1. The lowest BCUT2D eigenvalue weighted by Gasteiger charge is -2.26. The molecule has 1 aromatic carbocycles. The fraction of sp³-hybridized carbons (Fsp3) is 0.545. The van der Waals surface area contributed by atoms with E-state index >= 15 is 0 Å². The SMILES string of the molecule is CC(C)CC(=O)Nc1ccc(-c2nnc(NCCCN3CCOCC3)o2)cc1.O=C(O)C(F)(F)F. The van der Waals surface area contributed by atoms with Gasteiger partial charge in [0, 0.05) is 37.3 Å². The minimum atomic E-state index is -5.08. The van der Waals surface area contributed by atoms with Gasteiger partial charge in [0.2, 0.25) is 11.8 Å². The second kappa shape index (κ2) is 13.6. The molecule has 3 rings (SSSR count). The molecule has 0 spiro atoms. The standard InChI is InChI=1S/C20H29N5O3.C2HF3O2/c1-15(2)14-18(26)22-17-6-4-16(5-7-17)19-23-24-20(28-19)21-8-3-9-25-10-12-27-13-11-25;3-2(4,5)1(6)7/h4-7,15H,3,8-14H2,1-2H3,(H,21,24)(H,22,26);(H,6,7). The van der Waals surface area contributed by atoms with E-state index in [0.717, 1.165) is 57.1 Å². The highest BCUT2D eigenvalue weighted by Gasteiger charge is 2.38. The number of carboxylic acids is 1. The van der Waals surface area contributed by atoms with E-state index in [1.165, 1.54) is 0 Å². The van der Waals surface area contributed by atoms with E-state index in [2.05, 4.69) is 25.7 Å². The molecule has 1 aliphatic rings. The minimum Gasteiger partial charge on any atom is -0.475 e. The summed E-state index contributed by atoms with van der Waals surface area (Å²) in [5.41, 5.74) is 1.58. The molecule has 1 aromatic heterocycles. The van der Waals surface area contributed by atoms with Crippen LogP contribution in [0.2, 0.25) is 0 Å². The molecule has 1 amide bonds. The molecule has 0 saturated carbocycles. The fourth-order valence-corrected chi connectivity index (χ4v) is 3.01. The number of amides is 1. The van der Waals surface area contributed by atoms with Crippen LogP contribution in [0, 0.1) is 5.92 Å². The monoisotopic (exact) mass is 501 g/mol. The zero-order valence-corrected chi connectivity index (χ0v) is 19.6. The van der Waals surface area contributed by atoms with Crippen LogP contribution in [0.15, 0.2) is 28.7 Å². The van der Waals surface area contributed by atoms with Crippen LogP contribution in [0.5, 0.6) is 0 Å². The number of nitrogens with one attached hydrogen (secondary N) is 2. The van der Waals surface area contributed by atoms with Crippen LogP contribution in [-0.4, -0.2) is 77.6 Å². The molecule has 1 saturated heterocycles. The zero-order chi connectivity index (χ0) is 25.8. The summed E-state index contributed by atoms with van der Waals surface area (Å²) in [5, 5.41) is 21.3. The number of nitrogens with zero attached hydrogens (tertiary/aromatic N) is 3. The number of aliphatic carboxylic acids is 1. The lowest BCUT2D eigenvalue weighted by atomic mass is 10.1. The van der Waals surface area contributed by atoms with Gasteiger partial charge in [0.05, 0.1) is 13.2 Å². The first-order chi connectivity index (χ1) is 16.5. The van der Waals surface area contributed by atoms with Crippen molar-refractivity contribution in [3.8, 4) is 11.5 Å². The van der Waals surface area contributed by atoms with E-state index < -0.39 is 12.1 Å². The van der Waals surface area contributed by atoms with Gasteiger partial charge in [-0.05, 0) is 43.1 Å². The Hall–Kier alpha value is -3.19. The van der Waals surface area contributed by atoms with Gasteiger partial charge in [-0.15, -0.1) is 5.10 Å². The van der Waals surface area contributed by atoms with Gasteiger partial charge in [0.1, 0.15) is 0 Å². The van der Waals surface area contributed by atoms with Crippen molar-refractivity contribution in [2.24, 2.45) is 5.92 Å². The lowest BCUT2D eigenvalue weighted by molar-refractivity contribution is -0.192. The Kier molecular flexibility index (Phi) is 10.9. The van der Waals surface area contributed by atoms with Crippen LogP contribution in [0.3, 0.4) is 0 Å². The molecule has 1 aliphatic heterocycles. The number of hydrogen-bond donors (Lipinski definition) is 3. The third-order valence-electron chi connectivity index (χ3n) is 4.71. The van der Waals surface area contributed by atoms with Crippen LogP contribution in [-0.2, 0) is 14.3 Å². The molecule has 1 fully saturated rings. The Labute approximate surface area is 200 Å². The van der Waals surface area contributed by atoms with E-state index in [-0.39, 0.29) is 5.91 Å². The summed E-state index contributed by atoms with van der Waals surface area (Å²) in [5.74, 6) is -1.95. The third-order valence-corrected chi connectivity index (χ3v) is 4.71. The fourth-order valence-electron chi connectivity index (χ4n) is 3.01. The first-order valence-corrected chi connectivity index (χ1v) is 11.1. The summed E-state index contributed by atoms with van der Waals surface area (Å²) in [6, 6.07) is 7.83. The summed E-state index contributed by atoms with van der Waals surface area (Å²) in [4.78, 5) is 23.1.